The third-order valence-electron chi connectivity index (χ3n) is 6.35. The van der Waals surface area contributed by atoms with E-state index in [9.17, 15) is 14.7 Å². The van der Waals surface area contributed by atoms with Gasteiger partial charge < -0.3 is 19.3 Å². The number of hydrogen-bond donors (Lipinski definition) is 1. The Kier molecular flexibility index (Phi) is 6.78. The topological polar surface area (TPSA) is 84.7 Å². The Bertz CT molecular complexity index is 1240. The molecule has 1 fully saturated rings. The minimum atomic E-state index is -0.683. The van der Waals surface area contributed by atoms with E-state index >= 15 is 0 Å². The maximum absolute atomic E-state index is 13.2. The lowest BCUT2D eigenvalue weighted by Crippen LogP contribution is -2.31. The van der Waals surface area contributed by atoms with Crippen LogP contribution in [-0.2, 0) is 21.5 Å². The molecule has 1 aliphatic heterocycles. The summed E-state index contributed by atoms with van der Waals surface area (Å²) in [5, 5.41) is 11.2. The first-order valence-electron chi connectivity index (χ1n) is 11.7. The summed E-state index contributed by atoms with van der Waals surface area (Å²) in [6.45, 7) is 7.42. The van der Waals surface area contributed by atoms with Gasteiger partial charge in [0.05, 0.1) is 25.1 Å². The summed E-state index contributed by atoms with van der Waals surface area (Å²) in [6, 6.07) is 14.1. The second kappa shape index (κ2) is 9.78. The lowest BCUT2D eigenvalue weighted by molar-refractivity contribution is -0.139. The molecule has 0 unspecified atom stereocenters. The van der Waals surface area contributed by atoms with Crippen LogP contribution in [0, 0.1) is 0 Å². The molecule has 1 saturated heterocycles. The lowest BCUT2D eigenvalue weighted by Gasteiger charge is -2.26. The highest BCUT2D eigenvalue weighted by molar-refractivity contribution is 6.46. The van der Waals surface area contributed by atoms with Crippen LogP contribution in [0.15, 0.2) is 72.8 Å². The van der Waals surface area contributed by atoms with Gasteiger partial charge in [-0.1, -0.05) is 57.2 Å². The fraction of sp³-hybridized carbons (Fsp3) is 0.321. The molecule has 7 heteroatoms. The van der Waals surface area contributed by atoms with E-state index in [1.165, 1.54) is 7.11 Å². The zero-order chi connectivity index (χ0) is 25.2. The Balaban J connectivity index is 1.75. The molecule has 1 atom stereocenters. The number of carbonyl (C=O) groups is 2. The highest BCUT2D eigenvalue weighted by Crippen LogP contribution is 2.40. The molecular formula is C28H31N3O4. The van der Waals surface area contributed by atoms with Crippen molar-refractivity contribution < 1.29 is 19.4 Å². The Morgan fingerprint density at radius 1 is 1.09 bits per heavy atom. The van der Waals surface area contributed by atoms with E-state index in [2.05, 4.69) is 25.8 Å². The summed E-state index contributed by atoms with van der Waals surface area (Å²) in [6.07, 6.45) is 5.93. The standard InChI is InChI=1S/C28H31N3O4/c1-28(2,3)21-11-9-19(10-12-21)24-23(25(32)20-7-5-8-22(17-20)35-4)26(33)27(34)31(24)15-6-14-30-16-13-29-18-30/h5,7-13,16-18,24,32H,6,14-15H2,1-4H3/t24-/m0/s1. The van der Waals surface area contributed by atoms with Gasteiger partial charge in [-0.05, 0) is 35.1 Å². The van der Waals surface area contributed by atoms with Crippen LogP contribution in [0.25, 0.3) is 5.76 Å². The van der Waals surface area contributed by atoms with E-state index in [-0.39, 0.29) is 16.7 Å². The van der Waals surface area contributed by atoms with Gasteiger partial charge >= 0.3 is 0 Å². The highest BCUT2D eigenvalue weighted by atomic mass is 16.5. The minimum absolute atomic E-state index is 0.0360. The molecule has 1 aromatic heterocycles. The van der Waals surface area contributed by atoms with Crippen LogP contribution in [0.3, 0.4) is 0 Å². The van der Waals surface area contributed by atoms with Gasteiger partial charge in [-0.15, -0.1) is 0 Å². The first kappa shape index (κ1) is 24.3. The number of aromatic nitrogens is 2. The van der Waals surface area contributed by atoms with Gasteiger partial charge in [-0.2, -0.15) is 0 Å². The largest absolute Gasteiger partial charge is 0.507 e. The number of nitrogens with zero attached hydrogens (tertiary/aromatic N) is 3. The molecule has 1 N–H and O–H groups in total. The number of amides is 1. The van der Waals surface area contributed by atoms with Crippen molar-refractivity contribution in [1.82, 2.24) is 14.5 Å². The van der Waals surface area contributed by atoms with E-state index in [1.807, 2.05) is 35.0 Å². The number of hydrogen-bond acceptors (Lipinski definition) is 5. The molecule has 35 heavy (non-hydrogen) atoms. The van der Waals surface area contributed by atoms with Gasteiger partial charge in [0.1, 0.15) is 11.5 Å². The van der Waals surface area contributed by atoms with Crippen LogP contribution in [0.5, 0.6) is 5.75 Å². The van der Waals surface area contributed by atoms with Crippen molar-refractivity contribution in [2.24, 2.45) is 0 Å². The molecule has 0 bridgehead atoms. The van der Waals surface area contributed by atoms with Gasteiger partial charge in [-0.25, -0.2) is 4.98 Å². The number of likely N-dealkylation sites (tertiary alicyclic amines) is 1. The number of benzene rings is 2. The van der Waals surface area contributed by atoms with E-state index in [4.69, 9.17) is 4.74 Å². The van der Waals surface area contributed by atoms with Crippen LogP contribution in [0.2, 0.25) is 0 Å². The van der Waals surface area contributed by atoms with Crippen LogP contribution in [-0.4, -0.2) is 44.9 Å². The molecule has 0 saturated carbocycles. The molecule has 2 aromatic carbocycles. The molecule has 0 radical (unpaired) electrons. The van der Waals surface area contributed by atoms with Crippen LogP contribution >= 0.6 is 0 Å². The van der Waals surface area contributed by atoms with Gasteiger partial charge in [0, 0.05) is 31.0 Å². The average molecular weight is 474 g/mol. The Labute approximate surface area is 205 Å². The first-order chi connectivity index (χ1) is 16.7. The number of aryl methyl sites for hydroxylation is 1. The van der Waals surface area contributed by atoms with Crippen LogP contribution < -0.4 is 4.74 Å². The molecule has 1 amide bonds. The fourth-order valence-electron chi connectivity index (χ4n) is 4.39. The molecule has 182 valence electrons. The van der Waals surface area contributed by atoms with E-state index < -0.39 is 17.7 Å². The zero-order valence-electron chi connectivity index (χ0n) is 20.6. The fourth-order valence-corrected chi connectivity index (χ4v) is 4.39. The van der Waals surface area contributed by atoms with Crippen LogP contribution in [0.1, 0.15) is 49.9 Å². The highest BCUT2D eigenvalue weighted by Gasteiger charge is 2.45. The summed E-state index contributed by atoms with van der Waals surface area (Å²) in [5.74, 6) is -0.943. The quantitative estimate of drug-likeness (QED) is 0.305. The monoisotopic (exact) mass is 473 g/mol. The van der Waals surface area contributed by atoms with Crippen molar-refractivity contribution in [3.05, 3.63) is 89.5 Å². The smallest absolute Gasteiger partial charge is 0.295 e. The molecule has 7 nitrogen and oxygen atoms in total. The number of carbonyl (C=O) groups excluding carboxylic acids is 2. The van der Waals surface area contributed by atoms with Gasteiger partial charge in [0.15, 0.2) is 0 Å². The second-order valence-corrected chi connectivity index (χ2v) is 9.75. The third kappa shape index (κ3) is 4.99. The van der Waals surface area contributed by atoms with E-state index in [0.717, 1.165) is 11.1 Å². The van der Waals surface area contributed by atoms with Crippen molar-refractivity contribution in [2.75, 3.05) is 13.7 Å². The van der Waals surface area contributed by atoms with Crippen molar-refractivity contribution in [3.8, 4) is 5.75 Å². The second-order valence-electron chi connectivity index (χ2n) is 9.75. The Morgan fingerprint density at radius 3 is 2.46 bits per heavy atom. The molecule has 0 aliphatic carbocycles. The number of imidazole rings is 1. The number of rotatable bonds is 7. The Hall–Kier alpha value is -3.87. The maximum atomic E-state index is 13.2. The molecule has 0 spiro atoms. The van der Waals surface area contributed by atoms with Crippen LogP contribution in [0.4, 0.5) is 0 Å². The predicted molar refractivity (Wildman–Crippen MR) is 134 cm³/mol. The summed E-state index contributed by atoms with van der Waals surface area (Å²) < 4.78 is 7.21. The Morgan fingerprint density at radius 2 is 1.83 bits per heavy atom. The molecule has 3 aromatic rings. The summed E-state index contributed by atoms with van der Waals surface area (Å²) in [5.41, 5.74) is 2.41. The maximum Gasteiger partial charge on any atom is 0.295 e. The normalized spacial score (nSPS) is 17.7. The van der Waals surface area contributed by atoms with Crippen molar-refractivity contribution in [3.63, 3.8) is 0 Å². The van der Waals surface area contributed by atoms with Gasteiger partial charge in [-0.3, -0.25) is 9.59 Å². The summed E-state index contributed by atoms with van der Waals surface area (Å²) in [7, 11) is 1.54. The number of aliphatic hydroxyl groups is 1. The number of Topliss-reactive ketones (excluding diaryl/α,β-unsaturated/α-hetero) is 1. The molecular weight excluding hydrogens is 442 g/mol. The van der Waals surface area contributed by atoms with Crippen molar-refractivity contribution in [2.45, 2.75) is 45.2 Å². The third-order valence-corrected chi connectivity index (χ3v) is 6.35. The first-order valence-corrected chi connectivity index (χ1v) is 11.7. The number of aliphatic hydroxyl groups excluding tert-OH is 1. The van der Waals surface area contributed by atoms with E-state index in [1.54, 1.807) is 41.7 Å². The van der Waals surface area contributed by atoms with Crippen molar-refractivity contribution >= 4 is 17.4 Å². The average Bonchev–Trinajstić information content (AvgIpc) is 3.45. The lowest BCUT2D eigenvalue weighted by atomic mass is 9.85. The number of ether oxygens (including phenoxy) is 1. The molecule has 1 aliphatic rings. The van der Waals surface area contributed by atoms with Gasteiger partial charge in [0.25, 0.3) is 11.7 Å². The number of methoxy groups -OCH3 is 1. The zero-order valence-corrected chi connectivity index (χ0v) is 20.6. The van der Waals surface area contributed by atoms with E-state index in [0.29, 0.717) is 30.8 Å². The minimum Gasteiger partial charge on any atom is -0.507 e. The molecule has 2 heterocycles. The SMILES string of the molecule is COc1cccc(C(O)=C2C(=O)C(=O)N(CCCn3ccnc3)[C@H]2c2ccc(C(C)(C)C)cc2)c1. The number of ketones is 1. The predicted octanol–water partition coefficient (Wildman–Crippen LogP) is 4.70. The van der Waals surface area contributed by atoms with Gasteiger partial charge in [0.2, 0.25) is 0 Å². The summed E-state index contributed by atoms with van der Waals surface area (Å²) in [4.78, 5) is 32.0. The summed E-state index contributed by atoms with van der Waals surface area (Å²) >= 11 is 0. The molecule has 4 rings (SSSR count). The van der Waals surface area contributed by atoms with Crippen molar-refractivity contribution in [1.29, 1.82) is 0 Å².